The molecule has 2 heterocycles. The monoisotopic (exact) mass is 413 g/mol. The summed E-state index contributed by atoms with van der Waals surface area (Å²) in [5.74, 6) is -1.69. The van der Waals surface area contributed by atoms with Crippen molar-refractivity contribution >= 4 is 17.5 Å². The molecule has 0 radical (unpaired) electrons. The number of carbonyl (C=O) groups is 2. The minimum Gasteiger partial charge on any atom is -0.370 e. The lowest BCUT2D eigenvalue weighted by Crippen LogP contribution is -2.50. The highest BCUT2D eigenvalue weighted by Gasteiger charge is 2.42. The number of fused-ring (bicyclic) bond motifs is 1. The zero-order valence-corrected chi connectivity index (χ0v) is 18.0. The van der Waals surface area contributed by atoms with Gasteiger partial charge in [-0.3, -0.25) is 9.59 Å². The first-order chi connectivity index (χ1) is 14.3. The van der Waals surface area contributed by atoms with E-state index in [2.05, 4.69) is 18.7 Å². The maximum absolute atomic E-state index is 13.8. The Hall–Kier alpha value is -2.21. The minimum atomic E-state index is -0.660. The van der Waals surface area contributed by atoms with Crippen molar-refractivity contribution in [2.24, 2.45) is 5.73 Å². The molecule has 0 bridgehead atoms. The molecular formula is C24H32FN3O2. The van der Waals surface area contributed by atoms with Gasteiger partial charge in [-0.1, -0.05) is 11.1 Å². The standard InChI is InChI=1S/C24H32FN3O2/c1-15(2)16-3-6-18(7-4-16)27-11-9-19(10-12-27)28-22-8-5-17(25)13-20(22)21(24(28)30)14-23(26)29/h5,8,13,18-19,21H,3-4,6-7,9-12,14H2,1-2H3,(H2,26,29). The summed E-state index contributed by atoms with van der Waals surface area (Å²) >= 11 is 0. The molecule has 1 aromatic rings. The van der Waals surface area contributed by atoms with E-state index in [1.807, 2.05) is 4.90 Å². The van der Waals surface area contributed by atoms with Crippen LogP contribution in [0.1, 0.15) is 70.3 Å². The maximum Gasteiger partial charge on any atom is 0.235 e. The van der Waals surface area contributed by atoms with Crippen molar-refractivity contribution in [2.45, 2.75) is 76.8 Å². The average Bonchev–Trinajstić information content (AvgIpc) is 2.99. The molecule has 2 amide bonds. The molecular weight excluding hydrogens is 381 g/mol. The summed E-state index contributed by atoms with van der Waals surface area (Å²) in [7, 11) is 0. The van der Waals surface area contributed by atoms with Gasteiger partial charge in [-0.25, -0.2) is 4.39 Å². The predicted octanol–water partition coefficient (Wildman–Crippen LogP) is 3.87. The molecule has 162 valence electrons. The first-order valence-electron chi connectivity index (χ1n) is 11.1. The summed E-state index contributed by atoms with van der Waals surface area (Å²) in [6.07, 6.45) is 6.57. The second-order valence-electron chi connectivity index (χ2n) is 9.24. The number of carbonyl (C=O) groups excluding carboxylic acids is 2. The van der Waals surface area contributed by atoms with Crippen LogP contribution in [0.4, 0.5) is 10.1 Å². The third-order valence-corrected chi connectivity index (χ3v) is 7.21. The lowest BCUT2D eigenvalue weighted by molar-refractivity contribution is -0.124. The third-order valence-electron chi connectivity index (χ3n) is 7.21. The molecule has 1 aromatic carbocycles. The molecule has 4 rings (SSSR count). The van der Waals surface area contributed by atoms with Crippen molar-refractivity contribution < 1.29 is 14.0 Å². The van der Waals surface area contributed by atoms with Gasteiger partial charge >= 0.3 is 0 Å². The van der Waals surface area contributed by atoms with E-state index in [1.54, 1.807) is 11.6 Å². The van der Waals surface area contributed by atoms with Gasteiger partial charge in [0.2, 0.25) is 11.8 Å². The number of hydrogen-bond donors (Lipinski definition) is 1. The maximum atomic E-state index is 13.8. The molecule has 1 atom stereocenters. The summed E-state index contributed by atoms with van der Waals surface area (Å²) in [4.78, 5) is 29.1. The van der Waals surface area contributed by atoms with Crippen LogP contribution in [0.15, 0.2) is 29.3 Å². The van der Waals surface area contributed by atoms with Crippen LogP contribution in [0.2, 0.25) is 0 Å². The van der Waals surface area contributed by atoms with Crippen molar-refractivity contribution in [3.05, 3.63) is 40.7 Å². The highest BCUT2D eigenvalue weighted by atomic mass is 19.1. The largest absolute Gasteiger partial charge is 0.370 e. The first kappa shape index (κ1) is 21.0. The Labute approximate surface area is 178 Å². The lowest BCUT2D eigenvalue weighted by Gasteiger charge is -2.42. The summed E-state index contributed by atoms with van der Waals surface area (Å²) < 4.78 is 13.8. The molecule has 1 aliphatic carbocycles. The van der Waals surface area contributed by atoms with Crippen LogP contribution in [0, 0.1) is 5.82 Å². The van der Waals surface area contributed by atoms with Gasteiger partial charge in [0.25, 0.3) is 0 Å². The number of likely N-dealkylation sites (tertiary alicyclic amines) is 1. The van der Waals surface area contributed by atoms with Crippen molar-refractivity contribution in [3.8, 4) is 0 Å². The smallest absolute Gasteiger partial charge is 0.235 e. The number of amides is 2. The Kier molecular flexibility index (Phi) is 5.96. The lowest BCUT2D eigenvalue weighted by atomic mass is 9.86. The highest BCUT2D eigenvalue weighted by molar-refractivity contribution is 6.07. The predicted molar refractivity (Wildman–Crippen MR) is 116 cm³/mol. The second-order valence-corrected chi connectivity index (χ2v) is 9.24. The van der Waals surface area contributed by atoms with Gasteiger partial charge in [0.1, 0.15) is 5.82 Å². The number of primary amides is 1. The molecule has 0 spiro atoms. The number of nitrogens with two attached hydrogens (primary N) is 1. The number of rotatable bonds is 4. The van der Waals surface area contributed by atoms with Gasteiger partial charge in [-0.2, -0.15) is 0 Å². The van der Waals surface area contributed by atoms with Crippen LogP contribution in [-0.4, -0.2) is 41.9 Å². The van der Waals surface area contributed by atoms with Gasteiger partial charge < -0.3 is 15.5 Å². The number of anilines is 1. The molecule has 1 saturated heterocycles. The van der Waals surface area contributed by atoms with E-state index in [9.17, 15) is 14.0 Å². The minimum absolute atomic E-state index is 0.0700. The summed E-state index contributed by atoms with van der Waals surface area (Å²) in [6, 6.07) is 5.18. The van der Waals surface area contributed by atoms with Crippen molar-refractivity contribution in [1.82, 2.24) is 4.90 Å². The van der Waals surface area contributed by atoms with Gasteiger partial charge in [-0.05, 0) is 76.1 Å². The Morgan fingerprint density at radius 3 is 2.37 bits per heavy atom. The fourth-order valence-electron chi connectivity index (χ4n) is 5.54. The topological polar surface area (TPSA) is 66.6 Å². The van der Waals surface area contributed by atoms with Crippen LogP contribution in [0.25, 0.3) is 0 Å². The van der Waals surface area contributed by atoms with Crippen LogP contribution in [0.3, 0.4) is 0 Å². The molecule has 2 N–H and O–H groups in total. The summed E-state index contributed by atoms with van der Waals surface area (Å²) in [5.41, 5.74) is 9.81. The third kappa shape index (κ3) is 4.02. The molecule has 0 aromatic heterocycles. The molecule has 1 saturated carbocycles. The molecule has 5 nitrogen and oxygen atoms in total. The average molecular weight is 414 g/mol. The normalized spacial score (nSPS) is 25.5. The Morgan fingerprint density at radius 1 is 1.10 bits per heavy atom. The second kappa shape index (κ2) is 8.50. The fourth-order valence-corrected chi connectivity index (χ4v) is 5.54. The van der Waals surface area contributed by atoms with Crippen LogP contribution < -0.4 is 10.6 Å². The Balaban J connectivity index is 1.44. The van der Waals surface area contributed by atoms with E-state index in [0.717, 1.165) is 31.6 Å². The highest BCUT2D eigenvalue weighted by Crippen LogP contribution is 2.42. The molecule has 2 fully saturated rings. The van der Waals surface area contributed by atoms with Crippen molar-refractivity contribution in [1.29, 1.82) is 0 Å². The van der Waals surface area contributed by atoms with Crippen molar-refractivity contribution in [2.75, 3.05) is 18.0 Å². The van der Waals surface area contributed by atoms with E-state index in [4.69, 9.17) is 5.73 Å². The fraction of sp³-hybridized carbons (Fsp3) is 0.583. The molecule has 6 heteroatoms. The summed E-state index contributed by atoms with van der Waals surface area (Å²) in [5, 5.41) is 0. The van der Waals surface area contributed by atoms with Crippen LogP contribution in [0.5, 0.6) is 0 Å². The van der Waals surface area contributed by atoms with E-state index in [0.29, 0.717) is 11.6 Å². The van der Waals surface area contributed by atoms with Gasteiger partial charge in [0.15, 0.2) is 0 Å². The molecule has 2 aliphatic heterocycles. The Morgan fingerprint density at radius 2 is 1.77 bits per heavy atom. The number of benzene rings is 1. The summed E-state index contributed by atoms with van der Waals surface area (Å²) in [6.45, 7) is 6.37. The van der Waals surface area contributed by atoms with Gasteiger partial charge in [0, 0.05) is 37.3 Å². The van der Waals surface area contributed by atoms with E-state index in [1.165, 1.54) is 43.4 Å². The SMILES string of the molecule is CC(C)=C1CCC(N2CCC(N3C(=O)C(CC(N)=O)c4cc(F)ccc43)CC2)CC1. The zero-order valence-electron chi connectivity index (χ0n) is 18.0. The molecule has 3 aliphatic rings. The molecule has 30 heavy (non-hydrogen) atoms. The van der Waals surface area contributed by atoms with Crippen molar-refractivity contribution in [3.63, 3.8) is 0 Å². The van der Waals surface area contributed by atoms with E-state index < -0.39 is 11.8 Å². The number of nitrogens with zero attached hydrogens (tertiary/aromatic N) is 2. The van der Waals surface area contributed by atoms with Gasteiger partial charge in [-0.15, -0.1) is 0 Å². The van der Waals surface area contributed by atoms with Gasteiger partial charge in [0.05, 0.1) is 5.92 Å². The quantitative estimate of drug-likeness (QED) is 0.762. The first-order valence-corrected chi connectivity index (χ1v) is 11.1. The van der Waals surface area contributed by atoms with E-state index in [-0.39, 0.29) is 24.2 Å². The van der Waals surface area contributed by atoms with Crippen LogP contribution in [-0.2, 0) is 9.59 Å². The van der Waals surface area contributed by atoms with Crippen LogP contribution >= 0.6 is 0 Å². The zero-order chi connectivity index (χ0) is 21.4. The van der Waals surface area contributed by atoms with E-state index >= 15 is 0 Å². The number of halogens is 1. The number of piperidine rings is 1. The number of allylic oxidation sites excluding steroid dienone is 2. The number of hydrogen-bond acceptors (Lipinski definition) is 3. The molecule has 1 unspecified atom stereocenters. The Bertz CT molecular complexity index is 859.